The first-order valence-electron chi connectivity index (χ1n) is 8.64. The highest BCUT2D eigenvalue weighted by Crippen LogP contribution is 2.17. The normalized spacial score (nSPS) is 19.1. The van der Waals surface area contributed by atoms with E-state index in [4.69, 9.17) is 10.5 Å². The van der Waals surface area contributed by atoms with Crippen molar-refractivity contribution in [3.63, 3.8) is 0 Å². The van der Waals surface area contributed by atoms with E-state index >= 15 is 0 Å². The van der Waals surface area contributed by atoms with Gasteiger partial charge in [0.25, 0.3) is 11.8 Å². The molecule has 0 aromatic heterocycles. The van der Waals surface area contributed by atoms with E-state index in [1.807, 2.05) is 13.8 Å². The molecule has 0 radical (unpaired) electrons. The fourth-order valence-electron chi connectivity index (χ4n) is 3.11. The summed E-state index contributed by atoms with van der Waals surface area (Å²) >= 11 is 0. The number of hydrogen-bond donors (Lipinski definition) is 2. The molecule has 7 heteroatoms. The van der Waals surface area contributed by atoms with Crippen LogP contribution in [0.2, 0.25) is 0 Å². The first kappa shape index (κ1) is 20.7. The summed E-state index contributed by atoms with van der Waals surface area (Å²) in [5, 5.41) is 2.81. The fourth-order valence-corrected chi connectivity index (χ4v) is 3.11. The number of halogens is 1. The van der Waals surface area contributed by atoms with Crippen molar-refractivity contribution in [1.29, 1.82) is 0 Å². The maximum absolute atomic E-state index is 12.7. The second-order valence-electron chi connectivity index (χ2n) is 6.62. The minimum Gasteiger partial charge on any atom is -0.399 e. The molecule has 144 valence electrons. The lowest BCUT2D eigenvalue weighted by Gasteiger charge is -2.35. The van der Waals surface area contributed by atoms with Gasteiger partial charge in [-0.1, -0.05) is 6.07 Å². The molecule has 3 N–H and O–H groups in total. The largest absolute Gasteiger partial charge is 0.399 e. The van der Waals surface area contributed by atoms with Crippen LogP contribution in [0.3, 0.4) is 0 Å². The van der Waals surface area contributed by atoms with Crippen LogP contribution in [0.15, 0.2) is 48.5 Å². The Balaban J connectivity index is 0.00000261. The Morgan fingerprint density at radius 2 is 1.67 bits per heavy atom. The Kier molecular flexibility index (Phi) is 6.82. The molecule has 2 unspecified atom stereocenters. The highest BCUT2D eigenvalue weighted by atomic mass is 35.5. The number of amides is 2. The Hall–Kier alpha value is -2.57. The predicted molar refractivity (Wildman–Crippen MR) is 108 cm³/mol. The van der Waals surface area contributed by atoms with Crippen molar-refractivity contribution in [3.05, 3.63) is 59.7 Å². The predicted octanol–water partition coefficient (Wildman–Crippen LogP) is 3.19. The van der Waals surface area contributed by atoms with Crippen LogP contribution in [0.1, 0.15) is 34.6 Å². The molecule has 1 heterocycles. The summed E-state index contributed by atoms with van der Waals surface area (Å²) in [5.41, 5.74) is 7.94. The average Bonchev–Trinajstić information content (AvgIpc) is 2.61. The standard InChI is InChI=1S/C20H23N3O3.ClH/c1-13-11-23(12-14(2)26-13)20(25)15-6-8-18(9-7-15)22-19(24)16-4-3-5-17(21)10-16;/h3-10,13-14H,11-12,21H2,1-2H3,(H,22,24);1H. The van der Waals surface area contributed by atoms with Gasteiger partial charge < -0.3 is 20.7 Å². The van der Waals surface area contributed by atoms with Crippen LogP contribution in [0, 0.1) is 0 Å². The first-order chi connectivity index (χ1) is 12.4. The molecule has 0 saturated carbocycles. The molecule has 1 saturated heterocycles. The number of carbonyl (C=O) groups excluding carboxylic acids is 2. The van der Waals surface area contributed by atoms with E-state index in [0.29, 0.717) is 35.6 Å². The number of hydrogen-bond acceptors (Lipinski definition) is 4. The van der Waals surface area contributed by atoms with Crippen LogP contribution in [0.5, 0.6) is 0 Å². The van der Waals surface area contributed by atoms with Crippen molar-refractivity contribution in [1.82, 2.24) is 4.90 Å². The molecule has 2 amide bonds. The van der Waals surface area contributed by atoms with Crippen LogP contribution in [0.4, 0.5) is 11.4 Å². The van der Waals surface area contributed by atoms with Gasteiger partial charge in [-0.05, 0) is 56.3 Å². The molecule has 2 aromatic rings. The van der Waals surface area contributed by atoms with Crippen LogP contribution in [-0.4, -0.2) is 42.0 Å². The summed E-state index contributed by atoms with van der Waals surface area (Å²) in [7, 11) is 0. The highest BCUT2D eigenvalue weighted by molar-refractivity contribution is 6.05. The number of nitrogens with one attached hydrogen (secondary N) is 1. The molecule has 1 fully saturated rings. The van der Waals surface area contributed by atoms with Gasteiger partial charge in [-0.25, -0.2) is 0 Å². The first-order valence-corrected chi connectivity index (χ1v) is 8.64. The molecule has 0 spiro atoms. The molecular formula is C20H24ClN3O3. The Bertz CT molecular complexity index is 800. The van der Waals surface area contributed by atoms with Gasteiger partial charge in [0, 0.05) is 35.6 Å². The summed E-state index contributed by atoms with van der Waals surface area (Å²) < 4.78 is 5.67. The maximum atomic E-state index is 12.7. The van der Waals surface area contributed by atoms with Gasteiger partial charge in [0.15, 0.2) is 0 Å². The molecule has 2 aromatic carbocycles. The second-order valence-corrected chi connectivity index (χ2v) is 6.62. The van der Waals surface area contributed by atoms with Crippen molar-refractivity contribution in [2.24, 2.45) is 0 Å². The van der Waals surface area contributed by atoms with Gasteiger partial charge in [-0.15, -0.1) is 12.4 Å². The summed E-state index contributed by atoms with van der Waals surface area (Å²) in [5.74, 6) is -0.270. The average molecular weight is 390 g/mol. The fraction of sp³-hybridized carbons (Fsp3) is 0.300. The molecule has 0 aliphatic carbocycles. The third-order valence-electron chi connectivity index (χ3n) is 4.25. The Morgan fingerprint density at radius 1 is 1.04 bits per heavy atom. The van der Waals surface area contributed by atoms with Crippen LogP contribution < -0.4 is 11.1 Å². The zero-order chi connectivity index (χ0) is 18.7. The molecular weight excluding hydrogens is 366 g/mol. The molecule has 0 bridgehead atoms. The number of nitrogens with zero attached hydrogens (tertiary/aromatic N) is 1. The van der Waals surface area contributed by atoms with Crippen molar-refractivity contribution in [2.75, 3.05) is 24.1 Å². The van der Waals surface area contributed by atoms with Gasteiger partial charge in [0.05, 0.1) is 12.2 Å². The molecule has 3 rings (SSSR count). The number of nitrogen functional groups attached to an aromatic ring is 1. The zero-order valence-corrected chi connectivity index (χ0v) is 16.2. The van der Waals surface area contributed by atoms with Gasteiger partial charge >= 0.3 is 0 Å². The second kappa shape index (κ2) is 8.88. The smallest absolute Gasteiger partial charge is 0.255 e. The van der Waals surface area contributed by atoms with Gasteiger partial charge in [-0.3, -0.25) is 9.59 Å². The molecule has 2 atom stereocenters. The van der Waals surface area contributed by atoms with Crippen LogP contribution in [-0.2, 0) is 4.74 Å². The van der Waals surface area contributed by atoms with E-state index in [1.54, 1.807) is 53.4 Å². The van der Waals surface area contributed by atoms with Crippen molar-refractivity contribution < 1.29 is 14.3 Å². The number of benzene rings is 2. The minimum absolute atomic E-state index is 0. The van der Waals surface area contributed by atoms with E-state index < -0.39 is 0 Å². The molecule has 6 nitrogen and oxygen atoms in total. The topological polar surface area (TPSA) is 84.7 Å². The number of nitrogens with two attached hydrogens (primary N) is 1. The van der Waals surface area contributed by atoms with Gasteiger partial charge in [0.1, 0.15) is 0 Å². The minimum atomic E-state index is -0.243. The van der Waals surface area contributed by atoms with Crippen molar-refractivity contribution >= 4 is 35.6 Å². The number of rotatable bonds is 3. The number of ether oxygens (including phenoxy) is 1. The third-order valence-corrected chi connectivity index (χ3v) is 4.25. The number of carbonyl (C=O) groups is 2. The summed E-state index contributed by atoms with van der Waals surface area (Å²) in [6.07, 6.45) is 0.0548. The van der Waals surface area contributed by atoms with Gasteiger partial charge in [-0.2, -0.15) is 0 Å². The maximum Gasteiger partial charge on any atom is 0.255 e. The van der Waals surface area contributed by atoms with Crippen LogP contribution in [0.25, 0.3) is 0 Å². The lowest BCUT2D eigenvalue weighted by atomic mass is 10.1. The van der Waals surface area contributed by atoms with E-state index in [9.17, 15) is 9.59 Å². The SMILES string of the molecule is CC1CN(C(=O)c2ccc(NC(=O)c3cccc(N)c3)cc2)CC(C)O1.Cl. The third kappa shape index (κ3) is 5.21. The highest BCUT2D eigenvalue weighted by Gasteiger charge is 2.26. The molecule has 27 heavy (non-hydrogen) atoms. The summed E-state index contributed by atoms with van der Waals surface area (Å²) in [6, 6.07) is 13.7. The summed E-state index contributed by atoms with van der Waals surface area (Å²) in [4.78, 5) is 26.7. The Morgan fingerprint density at radius 3 is 2.26 bits per heavy atom. The van der Waals surface area contributed by atoms with Crippen LogP contribution >= 0.6 is 12.4 Å². The van der Waals surface area contributed by atoms with E-state index in [0.717, 1.165) is 0 Å². The zero-order valence-electron chi connectivity index (χ0n) is 15.3. The quantitative estimate of drug-likeness (QED) is 0.789. The van der Waals surface area contributed by atoms with E-state index in [2.05, 4.69) is 5.32 Å². The summed E-state index contributed by atoms with van der Waals surface area (Å²) in [6.45, 7) is 5.09. The van der Waals surface area contributed by atoms with Gasteiger partial charge in [0.2, 0.25) is 0 Å². The van der Waals surface area contributed by atoms with Crippen molar-refractivity contribution in [2.45, 2.75) is 26.1 Å². The number of morpholine rings is 1. The monoisotopic (exact) mass is 389 g/mol. The lowest BCUT2D eigenvalue weighted by Crippen LogP contribution is -2.48. The van der Waals surface area contributed by atoms with Crippen molar-refractivity contribution in [3.8, 4) is 0 Å². The Labute approximate surface area is 165 Å². The van der Waals surface area contributed by atoms with E-state index in [1.165, 1.54) is 0 Å². The van der Waals surface area contributed by atoms with E-state index in [-0.39, 0.29) is 36.4 Å². The lowest BCUT2D eigenvalue weighted by molar-refractivity contribution is -0.0586. The molecule has 1 aliphatic heterocycles. The number of anilines is 2. The molecule has 1 aliphatic rings.